The largest absolute Gasteiger partial charge is 0.383 e. The van der Waals surface area contributed by atoms with Crippen molar-refractivity contribution in [2.45, 2.75) is 60.4 Å². The van der Waals surface area contributed by atoms with Crippen LogP contribution >= 0.6 is 12.6 Å². The lowest BCUT2D eigenvalue weighted by Gasteiger charge is -2.23. The van der Waals surface area contributed by atoms with E-state index in [1.165, 1.54) is 22.3 Å². The van der Waals surface area contributed by atoms with Gasteiger partial charge < -0.3 is 5.32 Å². The van der Waals surface area contributed by atoms with Crippen LogP contribution in [0, 0.1) is 5.92 Å². The van der Waals surface area contributed by atoms with Crippen molar-refractivity contribution in [1.82, 2.24) is 5.32 Å². The summed E-state index contributed by atoms with van der Waals surface area (Å²) in [6, 6.07) is 0.301. The summed E-state index contributed by atoms with van der Waals surface area (Å²) in [5, 5.41) is 3.47. The second-order valence-corrected chi connectivity index (χ2v) is 7.08. The molecule has 0 saturated carbocycles. The van der Waals surface area contributed by atoms with Gasteiger partial charge in [0.1, 0.15) is 0 Å². The third-order valence-electron chi connectivity index (χ3n) is 3.95. The molecule has 1 aliphatic carbocycles. The van der Waals surface area contributed by atoms with Gasteiger partial charge in [0.25, 0.3) is 0 Å². The Morgan fingerprint density at radius 3 is 2.68 bits per heavy atom. The molecular formula is C20H31NS. The minimum absolute atomic E-state index is 0.301. The van der Waals surface area contributed by atoms with Gasteiger partial charge in [-0.1, -0.05) is 37.6 Å². The minimum atomic E-state index is 0.301. The second kappa shape index (κ2) is 9.09. The van der Waals surface area contributed by atoms with Crippen molar-refractivity contribution in [3.05, 3.63) is 57.7 Å². The summed E-state index contributed by atoms with van der Waals surface area (Å²) in [6.07, 6.45) is 12.9. The molecule has 1 unspecified atom stereocenters. The van der Waals surface area contributed by atoms with Crippen LogP contribution in [0.4, 0.5) is 0 Å². The summed E-state index contributed by atoms with van der Waals surface area (Å²) in [4.78, 5) is 1.14. The summed E-state index contributed by atoms with van der Waals surface area (Å²) in [6.45, 7) is 13.1. The molecule has 0 amide bonds. The van der Waals surface area contributed by atoms with E-state index in [9.17, 15) is 0 Å². The zero-order chi connectivity index (χ0) is 16.7. The molecule has 0 aromatic carbocycles. The highest BCUT2D eigenvalue weighted by atomic mass is 32.1. The molecule has 1 N–H and O–H groups in total. The highest BCUT2D eigenvalue weighted by Gasteiger charge is 2.16. The highest BCUT2D eigenvalue weighted by molar-refractivity contribution is 7.84. The molecular weight excluding hydrogens is 286 g/mol. The van der Waals surface area contributed by atoms with Crippen LogP contribution in [0.25, 0.3) is 0 Å². The van der Waals surface area contributed by atoms with E-state index in [2.05, 4.69) is 83.8 Å². The summed E-state index contributed by atoms with van der Waals surface area (Å²) in [5.74, 6) is 0.688. The van der Waals surface area contributed by atoms with Crippen LogP contribution < -0.4 is 5.32 Å². The first-order valence-electron chi connectivity index (χ1n) is 8.17. The average Bonchev–Trinajstić information content (AvgIpc) is 2.45. The molecule has 0 bridgehead atoms. The van der Waals surface area contributed by atoms with Crippen LogP contribution in [0.1, 0.15) is 54.4 Å². The molecule has 1 atom stereocenters. The fraction of sp³-hybridized carbons (Fsp3) is 0.500. The van der Waals surface area contributed by atoms with Gasteiger partial charge in [0.2, 0.25) is 0 Å². The van der Waals surface area contributed by atoms with Gasteiger partial charge in [-0.3, -0.25) is 0 Å². The van der Waals surface area contributed by atoms with Crippen LogP contribution in [-0.2, 0) is 0 Å². The monoisotopic (exact) mass is 317 g/mol. The number of hydrogen-bond donors (Lipinski definition) is 2. The normalized spacial score (nSPS) is 20.9. The molecule has 122 valence electrons. The molecule has 0 radical (unpaired) electrons. The Morgan fingerprint density at radius 1 is 1.41 bits per heavy atom. The van der Waals surface area contributed by atoms with E-state index in [1.54, 1.807) is 0 Å². The number of allylic oxidation sites excluding steroid dienone is 7. The van der Waals surface area contributed by atoms with E-state index in [0.29, 0.717) is 12.0 Å². The molecule has 1 nitrogen and oxygen atoms in total. The Hall–Kier alpha value is -1.15. The van der Waals surface area contributed by atoms with Crippen LogP contribution in [0.2, 0.25) is 0 Å². The molecule has 2 heteroatoms. The zero-order valence-electron chi connectivity index (χ0n) is 14.9. The summed E-state index contributed by atoms with van der Waals surface area (Å²) in [7, 11) is 0. The maximum absolute atomic E-state index is 4.63. The fourth-order valence-electron chi connectivity index (χ4n) is 2.75. The van der Waals surface area contributed by atoms with Crippen LogP contribution in [0.15, 0.2) is 57.7 Å². The van der Waals surface area contributed by atoms with E-state index in [1.807, 2.05) is 6.20 Å². The first kappa shape index (κ1) is 18.9. The van der Waals surface area contributed by atoms with Gasteiger partial charge in [0, 0.05) is 4.91 Å². The Balaban J connectivity index is 2.63. The van der Waals surface area contributed by atoms with Gasteiger partial charge in [-0.2, -0.15) is 0 Å². The molecule has 0 aromatic heterocycles. The molecule has 1 rings (SSSR count). The third-order valence-corrected chi connectivity index (χ3v) is 4.61. The molecule has 0 spiro atoms. The van der Waals surface area contributed by atoms with Gasteiger partial charge in [0.05, 0.1) is 6.04 Å². The van der Waals surface area contributed by atoms with E-state index < -0.39 is 0 Å². The Labute approximate surface area is 142 Å². The SMILES string of the molecule is C\C=C(CC(C)C)/C(C)=C/C=C\NC1CC(C)=CC(C)=C1S. The quantitative estimate of drug-likeness (QED) is 0.455. The standard InChI is InChI=1S/C20H31NS/c1-7-18(11-14(2)3)16(5)9-8-10-21-19-13-15(4)12-17(6)20(19)22/h7-10,12,14,19,21-22H,11,13H2,1-6H3/b10-8-,16-9+,18-7-. The van der Waals surface area contributed by atoms with Crippen LogP contribution in [0.3, 0.4) is 0 Å². The summed E-state index contributed by atoms with van der Waals surface area (Å²) < 4.78 is 0. The molecule has 22 heavy (non-hydrogen) atoms. The fourth-order valence-corrected chi connectivity index (χ4v) is 2.98. The van der Waals surface area contributed by atoms with Crippen LogP contribution in [0.5, 0.6) is 0 Å². The number of hydrogen-bond acceptors (Lipinski definition) is 2. The number of thiol groups is 1. The van der Waals surface area contributed by atoms with Gasteiger partial charge in [-0.15, -0.1) is 12.6 Å². The summed E-state index contributed by atoms with van der Waals surface area (Å²) >= 11 is 4.63. The Kier molecular flexibility index (Phi) is 7.81. The smallest absolute Gasteiger partial charge is 0.0604 e. The summed E-state index contributed by atoms with van der Waals surface area (Å²) in [5.41, 5.74) is 5.44. The van der Waals surface area contributed by atoms with Crippen molar-refractivity contribution < 1.29 is 0 Å². The first-order valence-corrected chi connectivity index (χ1v) is 8.61. The van der Waals surface area contributed by atoms with E-state index >= 15 is 0 Å². The Morgan fingerprint density at radius 2 is 2.09 bits per heavy atom. The van der Waals surface area contributed by atoms with Crippen molar-refractivity contribution in [3.8, 4) is 0 Å². The number of nitrogens with one attached hydrogen (secondary N) is 1. The lowest BCUT2D eigenvalue weighted by molar-refractivity contribution is 0.645. The van der Waals surface area contributed by atoms with Gasteiger partial charge in [-0.25, -0.2) is 0 Å². The topological polar surface area (TPSA) is 12.0 Å². The maximum atomic E-state index is 4.63. The lowest BCUT2D eigenvalue weighted by Crippen LogP contribution is -2.27. The van der Waals surface area contributed by atoms with Gasteiger partial charge in [0.15, 0.2) is 0 Å². The molecule has 0 aliphatic heterocycles. The molecule has 0 fully saturated rings. The predicted octanol–water partition coefficient (Wildman–Crippen LogP) is 5.95. The minimum Gasteiger partial charge on any atom is -0.383 e. The predicted molar refractivity (Wildman–Crippen MR) is 103 cm³/mol. The number of rotatable bonds is 6. The third kappa shape index (κ3) is 5.92. The van der Waals surface area contributed by atoms with Crippen molar-refractivity contribution in [2.24, 2.45) is 5.92 Å². The second-order valence-electron chi connectivity index (χ2n) is 6.60. The lowest BCUT2D eigenvalue weighted by atomic mass is 9.96. The molecule has 0 saturated heterocycles. The molecule has 1 aliphatic rings. The molecule has 0 heterocycles. The van der Waals surface area contributed by atoms with E-state index in [0.717, 1.165) is 17.7 Å². The average molecular weight is 318 g/mol. The van der Waals surface area contributed by atoms with Gasteiger partial charge in [-0.05, 0) is 75.4 Å². The maximum Gasteiger partial charge on any atom is 0.0604 e. The molecule has 0 aromatic rings. The van der Waals surface area contributed by atoms with E-state index in [-0.39, 0.29) is 0 Å². The van der Waals surface area contributed by atoms with Gasteiger partial charge >= 0.3 is 0 Å². The van der Waals surface area contributed by atoms with Crippen molar-refractivity contribution in [3.63, 3.8) is 0 Å². The first-order chi connectivity index (χ1) is 10.3. The van der Waals surface area contributed by atoms with Crippen LogP contribution in [-0.4, -0.2) is 6.04 Å². The Bertz CT molecular complexity index is 530. The zero-order valence-corrected chi connectivity index (χ0v) is 15.8. The van der Waals surface area contributed by atoms with Crippen molar-refractivity contribution in [2.75, 3.05) is 0 Å². The van der Waals surface area contributed by atoms with Crippen molar-refractivity contribution in [1.29, 1.82) is 0 Å². The van der Waals surface area contributed by atoms with Crippen molar-refractivity contribution >= 4 is 12.6 Å². The highest BCUT2D eigenvalue weighted by Crippen LogP contribution is 2.26. The van der Waals surface area contributed by atoms with E-state index in [4.69, 9.17) is 0 Å².